The lowest BCUT2D eigenvalue weighted by atomic mass is 10.2. The van der Waals surface area contributed by atoms with Crippen LogP contribution in [-0.4, -0.2) is 0 Å². The normalized spacial score (nSPS) is 10.4. The number of ether oxygens (including phenoxy) is 1. The van der Waals surface area contributed by atoms with Gasteiger partial charge in [0.05, 0.1) is 0 Å². The van der Waals surface area contributed by atoms with Crippen molar-refractivity contribution in [2.75, 3.05) is 5.73 Å². The van der Waals surface area contributed by atoms with Crippen LogP contribution in [0.15, 0.2) is 40.9 Å². The van der Waals surface area contributed by atoms with Crippen LogP contribution in [0.25, 0.3) is 0 Å². The average Bonchev–Trinajstić information content (AvgIpc) is 2.34. The Labute approximate surface area is 114 Å². The first-order valence-corrected chi connectivity index (χ1v) is 6.28. The van der Waals surface area contributed by atoms with Gasteiger partial charge in [0.2, 0.25) is 0 Å². The number of halogens is 2. The van der Waals surface area contributed by atoms with Gasteiger partial charge in [0.1, 0.15) is 18.2 Å². The second kappa shape index (κ2) is 5.40. The van der Waals surface area contributed by atoms with Crippen LogP contribution in [0.1, 0.15) is 11.1 Å². The van der Waals surface area contributed by atoms with Crippen LogP contribution in [0.3, 0.4) is 0 Å². The van der Waals surface area contributed by atoms with Gasteiger partial charge < -0.3 is 10.5 Å². The fourth-order valence-electron chi connectivity index (χ4n) is 1.55. The summed E-state index contributed by atoms with van der Waals surface area (Å²) in [6.07, 6.45) is 0. The van der Waals surface area contributed by atoms with Gasteiger partial charge >= 0.3 is 0 Å². The highest BCUT2D eigenvalue weighted by Gasteiger charge is 2.04. The number of aryl methyl sites for hydroxylation is 1. The Morgan fingerprint density at radius 3 is 2.72 bits per heavy atom. The van der Waals surface area contributed by atoms with Crippen LogP contribution in [0.5, 0.6) is 5.75 Å². The van der Waals surface area contributed by atoms with E-state index in [0.29, 0.717) is 6.61 Å². The molecule has 2 nitrogen and oxygen atoms in total. The summed E-state index contributed by atoms with van der Waals surface area (Å²) in [5.41, 5.74) is 8.19. The number of hydrogen-bond acceptors (Lipinski definition) is 2. The Kier molecular flexibility index (Phi) is 3.87. The lowest BCUT2D eigenvalue weighted by molar-refractivity contribution is 0.304. The lowest BCUT2D eigenvalue weighted by Gasteiger charge is -2.09. The fraction of sp³-hybridized carbons (Fsp3) is 0.143. The molecule has 2 aromatic rings. The fourth-order valence-corrected chi connectivity index (χ4v) is 1.91. The first kappa shape index (κ1) is 12.9. The Hall–Kier alpha value is -1.55. The Balaban J connectivity index is 2.11. The van der Waals surface area contributed by atoms with Crippen LogP contribution in [-0.2, 0) is 6.61 Å². The van der Waals surface area contributed by atoms with Crippen LogP contribution < -0.4 is 10.5 Å². The third-order valence-corrected chi connectivity index (χ3v) is 3.42. The van der Waals surface area contributed by atoms with Gasteiger partial charge in [0.15, 0.2) is 0 Å². The molecule has 0 fully saturated rings. The maximum absolute atomic E-state index is 13.1. The minimum Gasteiger partial charge on any atom is -0.489 e. The molecule has 0 saturated heterocycles. The molecule has 2 N–H and O–H groups in total. The van der Waals surface area contributed by atoms with Crippen molar-refractivity contribution in [2.24, 2.45) is 0 Å². The maximum Gasteiger partial charge on any atom is 0.123 e. The smallest absolute Gasteiger partial charge is 0.123 e. The van der Waals surface area contributed by atoms with Gasteiger partial charge in [-0.05, 0) is 48.9 Å². The highest BCUT2D eigenvalue weighted by Crippen LogP contribution is 2.22. The summed E-state index contributed by atoms with van der Waals surface area (Å²) in [6.45, 7) is 2.22. The van der Waals surface area contributed by atoms with Crippen molar-refractivity contribution < 1.29 is 9.13 Å². The van der Waals surface area contributed by atoms with Crippen molar-refractivity contribution >= 4 is 21.6 Å². The van der Waals surface area contributed by atoms with Crippen molar-refractivity contribution in [1.29, 1.82) is 0 Å². The molecule has 0 heterocycles. The number of benzene rings is 2. The minimum absolute atomic E-state index is 0.273. The van der Waals surface area contributed by atoms with Crippen molar-refractivity contribution in [3.05, 3.63) is 57.8 Å². The second-order valence-electron chi connectivity index (χ2n) is 4.04. The van der Waals surface area contributed by atoms with Crippen molar-refractivity contribution in [3.8, 4) is 5.75 Å². The molecule has 18 heavy (non-hydrogen) atoms. The van der Waals surface area contributed by atoms with E-state index in [-0.39, 0.29) is 5.82 Å². The van der Waals surface area contributed by atoms with E-state index >= 15 is 0 Å². The van der Waals surface area contributed by atoms with E-state index in [1.54, 1.807) is 18.2 Å². The summed E-state index contributed by atoms with van der Waals surface area (Å²) in [7, 11) is 0. The van der Waals surface area contributed by atoms with E-state index < -0.39 is 0 Å². The standard InChI is InChI=1S/C14H13BrFNO/c1-9-6-12(3-5-14(9)17)18-8-10-7-11(16)2-4-13(10)15/h2-7H,8,17H2,1H3. The Bertz CT molecular complexity index is 572. The highest BCUT2D eigenvalue weighted by molar-refractivity contribution is 9.10. The molecule has 0 aliphatic carbocycles. The van der Waals surface area contributed by atoms with Crippen LogP contribution >= 0.6 is 15.9 Å². The van der Waals surface area contributed by atoms with E-state index in [4.69, 9.17) is 10.5 Å². The van der Waals surface area contributed by atoms with E-state index in [0.717, 1.165) is 27.0 Å². The zero-order chi connectivity index (χ0) is 13.1. The molecule has 0 saturated carbocycles. The van der Waals surface area contributed by atoms with E-state index in [9.17, 15) is 4.39 Å². The minimum atomic E-state index is -0.273. The van der Waals surface area contributed by atoms with Gasteiger partial charge in [0.25, 0.3) is 0 Å². The van der Waals surface area contributed by atoms with Gasteiger partial charge in [-0.25, -0.2) is 4.39 Å². The molecule has 0 amide bonds. The Morgan fingerprint density at radius 2 is 2.00 bits per heavy atom. The average molecular weight is 310 g/mol. The molecule has 0 spiro atoms. The van der Waals surface area contributed by atoms with Crippen molar-refractivity contribution in [1.82, 2.24) is 0 Å². The first-order valence-electron chi connectivity index (χ1n) is 5.49. The number of anilines is 1. The summed E-state index contributed by atoms with van der Waals surface area (Å²) >= 11 is 3.36. The van der Waals surface area contributed by atoms with Gasteiger partial charge in [-0.1, -0.05) is 15.9 Å². The molecule has 2 aromatic carbocycles. The molecule has 0 unspecified atom stereocenters. The van der Waals surface area contributed by atoms with Crippen LogP contribution in [0.4, 0.5) is 10.1 Å². The molecule has 0 aliphatic heterocycles. The molecule has 94 valence electrons. The molecule has 0 radical (unpaired) electrons. The molecule has 0 atom stereocenters. The molecule has 0 aromatic heterocycles. The zero-order valence-electron chi connectivity index (χ0n) is 9.91. The van der Waals surface area contributed by atoms with E-state index in [2.05, 4.69) is 15.9 Å². The molecule has 0 bridgehead atoms. The predicted octanol–water partition coefficient (Wildman–Crippen LogP) is 4.06. The van der Waals surface area contributed by atoms with Crippen molar-refractivity contribution in [3.63, 3.8) is 0 Å². The van der Waals surface area contributed by atoms with Gasteiger partial charge in [-0.3, -0.25) is 0 Å². The second-order valence-corrected chi connectivity index (χ2v) is 4.90. The molecule has 0 aliphatic rings. The molecular formula is C14H13BrFNO. The summed E-state index contributed by atoms with van der Waals surface area (Å²) in [5.74, 6) is 0.447. The lowest BCUT2D eigenvalue weighted by Crippen LogP contribution is -1.98. The number of rotatable bonds is 3. The SMILES string of the molecule is Cc1cc(OCc2cc(F)ccc2Br)ccc1N. The van der Waals surface area contributed by atoms with Gasteiger partial charge in [-0.2, -0.15) is 0 Å². The zero-order valence-corrected chi connectivity index (χ0v) is 11.5. The van der Waals surface area contributed by atoms with Crippen LogP contribution in [0.2, 0.25) is 0 Å². The summed E-state index contributed by atoms with van der Waals surface area (Å²) in [6, 6.07) is 9.99. The first-order chi connectivity index (χ1) is 8.56. The maximum atomic E-state index is 13.1. The molecular weight excluding hydrogens is 297 g/mol. The summed E-state index contributed by atoms with van der Waals surface area (Å²) < 4.78 is 19.5. The highest BCUT2D eigenvalue weighted by atomic mass is 79.9. The topological polar surface area (TPSA) is 35.2 Å². The van der Waals surface area contributed by atoms with Crippen LogP contribution in [0, 0.1) is 12.7 Å². The quantitative estimate of drug-likeness (QED) is 0.868. The third-order valence-electron chi connectivity index (χ3n) is 2.64. The monoisotopic (exact) mass is 309 g/mol. The predicted molar refractivity (Wildman–Crippen MR) is 74.0 cm³/mol. The third kappa shape index (κ3) is 3.01. The molecule has 4 heteroatoms. The largest absolute Gasteiger partial charge is 0.489 e. The molecule has 2 rings (SSSR count). The summed E-state index contributed by atoms with van der Waals surface area (Å²) in [4.78, 5) is 0. The summed E-state index contributed by atoms with van der Waals surface area (Å²) in [5, 5.41) is 0. The number of hydrogen-bond donors (Lipinski definition) is 1. The van der Waals surface area contributed by atoms with Crippen molar-refractivity contribution in [2.45, 2.75) is 13.5 Å². The van der Waals surface area contributed by atoms with E-state index in [1.807, 2.05) is 13.0 Å². The number of nitrogen functional groups attached to an aromatic ring is 1. The Morgan fingerprint density at radius 1 is 1.22 bits per heavy atom. The van der Waals surface area contributed by atoms with Gasteiger partial charge in [0, 0.05) is 15.7 Å². The van der Waals surface area contributed by atoms with Gasteiger partial charge in [-0.15, -0.1) is 0 Å². The van der Waals surface area contributed by atoms with E-state index in [1.165, 1.54) is 12.1 Å². The number of nitrogens with two attached hydrogens (primary N) is 1.